The summed E-state index contributed by atoms with van der Waals surface area (Å²) in [7, 11) is 0. The van der Waals surface area contributed by atoms with Gasteiger partial charge in [-0.05, 0) is 74.5 Å². The molecule has 3 heteroatoms. The lowest BCUT2D eigenvalue weighted by atomic mass is 9.50. The zero-order valence-corrected chi connectivity index (χ0v) is 14.6. The molecule has 0 bridgehead atoms. The third-order valence-corrected chi connectivity index (χ3v) is 6.55. The fraction of sp³-hybridized carbons (Fsp3) is 0.650. The molecule has 0 heterocycles. The van der Waals surface area contributed by atoms with Gasteiger partial charge < -0.3 is 10.2 Å². The quantitative estimate of drug-likeness (QED) is 0.867. The highest BCUT2D eigenvalue weighted by Gasteiger charge is 2.55. The molecule has 0 amide bonds. The van der Waals surface area contributed by atoms with E-state index in [2.05, 4.69) is 19.1 Å². The zero-order chi connectivity index (χ0) is 17.0. The Morgan fingerprint density at radius 2 is 1.96 bits per heavy atom. The van der Waals surface area contributed by atoms with Crippen LogP contribution in [0.3, 0.4) is 0 Å². The van der Waals surface area contributed by atoms with E-state index >= 15 is 0 Å². The van der Waals surface area contributed by atoms with Gasteiger partial charge in [0.25, 0.3) is 0 Å². The minimum atomic E-state index is -0.838. The molecule has 1 aromatic rings. The molecule has 1 fully saturated rings. The van der Waals surface area contributed by atoms with Gasteiger partial charge in [-0.1, -0.05) is 31.5 Å². The Kier molecular flexibility index (Phi) is 3.64. The number of carboxylic acids is 1. The van der Waals surface area contributed by atoms with Crippen LogP contribution in [0.25, 0.3) is 0 Å². The first kappa shape index (κ1) is 16.5. The highest BCUT2D eigenvalue weighted by Crippen LogP contribution is 2.57. The average Bonchev–Trinajstić information content (AvgIpc) is 2.45. The predicted octanol–water partition coefficient (Wildman–Crippen LogP) is 4.01. The summed E-state index contributed by atoms with van der Waals surface area (Å²) < 4.78 is 0. The van der Waals surface area contributed by atoms with E-state index in [1.807, 2.05) is 26.8 Å². The lowest BCUT2D eigenvalue weighted by molar-refractivity contribution is -0.157. The molecular weight excluding hydrogens is 288 g/mol. The number of benzene rings is 1. The molecule has 2 aliphatic carbocycles. The molecule has 3 atom stereocenters. The van der Waals surface area contributed by atoms with Crippen molar-refractivity contribution < 1.29 is 15.0 Å². The van der Waals surface area contributed by atoms with Crippen LogP contribution in [0.5, 0.6) is 0 Å². The van der Waals surface area contributed by atoms with Crippen molar-refractivity contribution in [1.29, 1.82) is 0 Å². The van der Waals surface area contributed by atoms with Crippen LogP contribution in [0.2, 0.25) is 0 Å². The van der Waals surface area contributed by atoms with Crippen molar-refractivity contribution >= 4 is 5.97 Å². The second kappa shape index (κ2) is 5.07. The number of carboxylic acid groups (broad SMARTS) is 1. The summed E-state index contributed by atoms with van der Waals surface area (Å²) in [5.41, 5.74) is 1.99. The Morgan fingerprint density at radius 1 is 1.26 bits per heavy atom. The third kappa shape index (κ3) is 2.40. The maximum absolute atomic E-state index is 11.9. The lowest BCUT2D eigenvalue weighted by Gasteiger charge is -2.53. The third-order valence-electron chi connectivity index (χ3n) is 6.55. The average molecular weight is 316 g/mol. The normalized spacial score (nSPS) is 33.7. The molecule has 0 aliphatic heterocycles. The zero-order valence-electron chi connectivity index (χ0n) is 14.6. The van der Waals surface area contributed by atoms with Crippen LogP contribution in [0, 0.1) is 11.3 Å². The van der Waals surface area contributed by atoms with Crippen molar-refractivity contribution in [2.45, 2.75) is 70.8 Å². The fourth-order valence-electron chi connectivity index (χ4n) is 5.13. The molecule has 3 rings (SSSR count). The van der Waals surface area contributed by atoms with Gasteiger partial charge in [0.05, 0.1) is 11.0 Å². The first-order valence-corrected chi connectivity index (χ1v) is 8.69. The van der Waals surface area contributed by atoms with Gasteiger partial charge in [0, 0.05) is 0 Å². The highest BCUT2D eigenvalue weighted by atomic mass is 16.4. The summed E-state index contributed by atoms with van der Waals surface area (Å²) in [5, 5.41) is 20.1. The van der Waals surface area contributed by atoms with E-state index in [1.165, 1.54) is 11.1 Å². The summed E-state index contributed by atoms with van der Waals surface area (Å²) in [6.07, 6.45) is 4.61. The van der Waals surface area contributed by atoms with Crippen LogP contribution in [0.15, 0.2) is 18.2 Å². The number of rotatable bonds is 2. The molecule has 2 N–H and O–H groups in total. The van der Waals surface area contributed by atoms with Gasteiger partial charge in [-0.3, -0.25) is 4.79 Å². The summed E-state index contributed by atoms with van der Waals surface area (Å²) in [4.78, 5) is 11.9. The number of hydrogen-bond acceptors (Lipinski definition) is 2. The second-order valence-electron chi connectivity index (χ2n) is 8.52. The number of aliphatic hydroxyl groups is 1. The van der Waals surface area contributed by atoms with E-state index in [-0.39, 0.29) is 11.3 Å². The first-order valence-electron chi connectivity index (χ1n) is 8.69. The Morgan fingerprint density at radius 3 is 2.57 bits per heavy atom. The van der Waals surface area contributed by atoms with Crippen molar-refractivity contribution in [1.82, 2.24) is 0 Å². The van der Waals surface area contributed by atoms with Crippen molar-refractivity contribution in [2.24, 2.45) is 11.3 Å². The van der Waals surface area contributed by atoms with Crippen molar-refractivity contribution in [3.63, 3.8) is 0 Å². The topological polar surface area (TPSA) is 57.5 Å². The number of hydrogen-bond donors (Lipinski definition) is 2. The molecule has 23 heavy (non-hydrogen) atoms. The molecule has 0 radical (unpaired) electrons. The lowest BCUT2D eigenvalue weighted by Crippen LogP contribution is -2.52. The molecular formula is C20H28O3. The van der Waals surface area contributed by atoms with E-state index in [1.54, 1.807) is 0 Å². The Labute approximate surface area is 138 Å². The monoisotopic (exact) mass is 316 g/mol. The molecule has 3 nitrogen and oxygen atoms in total. The van der Waals surface area contributed by atoms with Gasteiger partial charge in [-0.25, -0.2) is 0 Å². The summed E-state index contributed by atoms with van der Waals surface area (Å²) in [6.45, 7) is 7.81. The van der Waals surface area contributed by atoms with Crippen LogP contribution in [0.4, 0.5) is 0 Å². The molecule has 1 aromatic carbocycles. The summed E-state index contributed by atoms with van der Waals surface area (Å²) in [5.74, 6) is -0.466. The van der Waals surface area contributed by atoms with Gasteiger partial charge in [0.15, 0.2) is 0 Å². The first-order chi connectivity index (χ1) is 10.6. The van der Waals surface area contributed by atoms with Crippen molar-refractivity contribution in [3.05, 3.63) is 34.9 Å². The second-order valence-corrected chi connectivity index (χ2v) is 8.52. The molecule has 126 valence electrons. The Bertz CT molecular complexity index is 643. The van der Waals surface area contributed by atoms with Gasteiger partial charge >= 0.3 is 5.97 Å². The maximum Gasteiger partial charge on any atom is 0.309 e. The van der Waals surface area contributed by atoms with Gasteiger partial charge in [-0.15, -0.1) is 0 Å². The maximum atomic E-state index is 11.9. The van der Waals surface area contributed by atoms with E-state index in [9.17, 15) is 15.0 Å². The fourth-order valence-corrected chi connectivity index (χ4v) is 5.13. The van der Waals surface area contributed by atoms with Gasteiger partial charge in [-0.2, -0.15) is 0 Å². The standard InChI is InChI=1S/C20H28O3/c1-18(2,23)14-7-8-15-13(12-14)6-9-16-19(15,3)10-5-11-20(16,4)17(21)22/h7-8,12,16,23H,5-6,9-11H2,1-4H3,(H,21,22)/t16-,19+,20+/m0/s1. The highest BCUT2D eigenvalue weighted by molar-refractivity contribution is 5.75. The Balaban J connectivity index is 2.08. The van der Waals surface area contributed by atoms with Gasteiger partial charge in [0.2, 0.25) is 0 Å². The number of fused-ring (bicyclic) bond motifs is 3. The number of aryl methyl sites for hydroxylation is 1. The van der Waals surface area contributed by atoms with E-state index in [0.29, 0.717) is 0 Å². The molecule has 0 spiro atoms. The van der Waals surface area contributed by atoms with Gasteiger partial charge in [0.1, 0.15) is 0 Å². The van der Waals surface area contributed by atoms with Crippen LogP contribution < -0.4 is 0 Å². The molecule has 0 aromatic heterocycles. The number of aliphatic carboxylic acids is 1. The van der Waals surface area contributed by atoms with Crippen molar-refractivity contribution in [3.8, 4) is 0 Å². The van der Waals surface area contributed by atoms with Crippen LogP contribution in [0.1, 0.15) is 70.1 Å². The molecule has 2 aliphatic rings. The molecule has 0 saturated heterocycles. The van der Waals surface area contributed by atoms with Crippen molar-refractivity contribution in [2.75, 3.05) is 0 Å². The van der Waals surface area contributed by atoms with E-state index < -0.39 is 17.0 Å². The summed E-state index contributed by atoms with van der Waals surface area (Å²) in [6, 6.07) is 6.28. The summed E-state index contributed by atoms with van der Waals surface area (Å²) >= 11 is 0. The van der Waals surface area contributed by atoms with E-state index in [0.717, 1.165) is 37.7 Å². The molecule has 0 unspecified atom stereocenters. The van der Waals surface area contributed by atoms with Crippen LogP contribution >= 0.6 is 0 Å². The van der Waals surface area contributed by atoms with Crippen LogP contribution in [-0.2, 0) is 22.2 Å². The largest absolute Gasteiger partial charge is 0.481 e. The molecule has 1 saturated carbocycles. The van der Waals surface area contributed by atoms with Crippen LogP contribution in [-0.4, -0.2) is 16.2 Å². The SMILES string of the molecule is CC(C)(O)c1ccc2c(c1)CC[C@@H]1[C@](C)(C(=O)O)CCC[C@]21C. The smallest absolute Gasteiger partial charge is 0.309 e. The minimum absolute atomic E-state index is 0.0723. The predicted molar refractivity (Wildman–Crippen MR) is 90.4 cm³/mol. The minimum Gasteiger partial charge on any atom is -0.481 e. The van der Waals surface area contributed by atoms with E-state index in [4.69, 9.17) is 0 Å². The number of carbonyl (C=O) groups is 1. The Hall–Kier alpha value is -1.35.